The number of benzene rings is 6. The van der Waals surface area contributed by atoms with E-state index in [1.165, 1.54) is 10.8 Å². The molecule has 0 aliphatic rings. The maximum Gasteiger partial charge on any atom is 0.155 e. The molecule has 4 heterocycles. The van der Waals surface area contributed by atoms with Crippen LogP contribution in [0.15, 0.2) is 173 Å². The minimum absolute atomic E-state index is 0.715. The highest BCUT2D eigenvalue weighted by molar-refractivity contribution is 6.05. The Bertz CT molecular complexity index is 2850. The van der Waals surface area contributed by atoms with E-state index >= 15 is 0 Å². The van der Waals surface area contributed by atoms with Crippen LogP contribution < -0.4 is 4.90 Å². The number of hydrogen-bond acceptors (Lipinski definition) is 5. The van der Waals surface area contributed by atoms with E-state index in [2.05, 4.69) is 102 Å². The van der Waals surface area contributed by atoms with Crippen LogP contribution in [-0.2, 0) is 0 Å². The number of para-hydroxylation sites is 2. The molecule has 0 atom stereocenters. The van der Waals surface area contributed by atoms with E-state index in [1.807, 2.05) is 66.9 Å². The number of furan rings is 2. The first kappa shape index (κ1) is 27.4. The predicted molar refractivity (Wildman–Crippen MR) is 200 cm³/mol. The molecule has 0 radical (unpaired) electrons. The van der Waals surface area contributed by atoms with Crippen molar-refractivity contribution >= 4 is 72.1 Å². The Morgan fingerprint density at radius 1 is 0.449 bits per heavy atom. The van der Waals surface area contributed by atoms with Gasteiger partial charge in [-0.25, -0.2) is 9.97 Å². The molecule has 0 unspecified atom stereocenters. The molecule has 0 fully saturated rings. The quantitative estimate of drug-likeness (QED) is 0.190. The summed E-state index contributed by atoms with van der Waals surface area (Å²) in [4.78, 5) is 12.4. The zero-order chi connectivity index (χ0) is 32.3. The smallest absolute Gasteiger partial charge is 0.155 e. The lowest BCUT2D eigenvalue weighted by molar-refractivity contribution is 0.667. The maximum absolute atomic E-state index is 6.33. The van der Waals surface area contributed by atoms with Crippen LogP contribution in [0.1, 0.15) is 0 Å². The number of nitrogens with zero attached hydrogens (tertiary/aromatic N) is 3. The number of pyridine rings is 2. The van der Waals surface area contributed by atoms with E-state index in [9.17, 15) is 0 Å². The topological polar surface area (TPSA) is 55.3 Å². The molecule has 0 bridgehead atoms. The molecule has 10 aromatic rings. The van der Waals surface area contributed by atoms with Crippen LogP contribution in [0.4, 0.5) is 17.2 Å². The first-order valence-corrected chi connectivity index (χ1v) is 16.3. The predicted octanol–water partition coefficient (Wildman–Crippen LogP) is 12.2. The summed E-state index contributed by atoms with van der Waals surface area (Å²) in [6.45, 7) is 0. The second-order valence-corrected chi connectivity index (χ2v) is 12.2. The van der Waals surface area contributed by atoms with Gasteiger partial charge in [0.15, 0.2) is 11.2 Å². The third-order valence-electron chi connectivity index (χ3n) is 9.30. The van der Waals surface area contributed by atoms with Crippen LogP contribution in [0, 0.1) is 0 Å². The van der Waals surface area contributed by atoms with Gasteiger partial charge >= 0.3 is 0 Å². The first-order valence-electron chi connectivity index (χ1n) is 16.3. The summed E-state index contributed by atoms with van der Waals surface area (Å²) < 4.78 is 12.5. The molecule has 0 aliphatic carbocycles. The molecule has 5 nitrogen and oxygen atoms in total. The van der Waals surface area contributed by atoms with Crippen LogP contribution in [0.25, 0.3) is 77.2 Å². The molecule has 5 heteroatoms. The Hall–Kier alpha value is -6.72. The number of anilines is 3. The molecule has 230 valence electrons. The average molecular weight is 630 g/mol. The van der Waals surface area contributed by atoms with E-state index in [4.69, 9.17) is 18.8 Å². The van der Waals surface area contributed by atoms with Crippen LogP contribution in [0.5, 0.6) is 0 Å². The van der Waals surface area contributed by atoms with Gasteiger partial charge in [-0.15, -0.1) is 0 Å². The highest BCUT2D eigenvalue weighted by Crippen LogP contribution is 2.44. The Kier molecular flexibility index (Phi) is 6.11. The minimum Gasteiger partial charge on any atom is -0.454 e. The fourth-order valence-corrected chi connectivity index (χ4v) is 6.94. The van der Waals surface area contributed by atoms with E-state index in [1.54, 1.807) is 0 Å². The van der Waals surface area contributed by atoms with E-state index in [0.29, 0.717) is 5.58 Å². The van der Waals surface area contributed by atoms with Gasteiger partial charge in [0.25, 0.3) is 0 Å². The fraction of sp³-hybridized carbons (Fsp3) is 0. The maximum atomic E-state index is 6.33. The summed E-state index contributed by atoms with van der Waals surface area (Å²) >= 11 is 0. The normalized spacial score (nSPS) is 11.7. The van der Waals surface area contributed by atoms with Crippen LogP contribution in [0.2, 0.25) is 0 Å². The third-order valence-corrected chi connectivity index (χ3v) is 9.30. The van der Waals surface area contributed by atoms with Gasteiger partial charge < -0.3 is 8.83 Å². The zero-order valence-electron chi connectivity index (χ0n) is 26.2. The molecule has 0 amide bonds. The highest BCUT2D eigenvalue weighted by Gasteiger charge is 2.22. The standard InChI is InChI=1S/C44H27N3O2/c1-2-11-29(12-3-1)36-25-32(31-19-18-28-10-4-5-13-30(28)24-31)20-21-37(36)47(33-26-41-43(45-27-33)34-14-6-8-16-38(34)49-41)42-23-22-40-44(46-42)35-15-7-9-17-39(35)48-40/h1-27H. The summed E-state index contributed by atoms with van der Waals surface area (Å²) in [7, 11) is 0. The van der Waals surface area contributed by atoms with Gasteiger partial charge in [0.2, 0.25) is 0 Å². The van der Waals surface area contributed by atoms with Crippen molar-refractivity contribution in [2.75, 3.05) is 4.90 Å². The second-order valence-electron chi connectivity index (χ2n) is 12.2. The molecule has 49 heavy (non-hydrogen) atoms. The number of hydrogen-bond donors (Lipinski definition) is 0. The molecular formula is C44H27N3O2. The Labute approximate surface area is 281 Å². The number of aromatic nitrogens is 2. The zero-order valence-corrected chi connectivity index (χ0v) is 26.2. The summed E-state index contributed by atoms with van der Waals surface area (Å²) in [6.07, 6.45) is 1.91. The minimum atomic E-state index is 0.715. The fourth-order valence-electron chi connectivity index (χ4n) is 6.94. The van der Waals surface area contributed by atoms with Crippen molar-refractivity contribution in [3.63, 3.8) is 0 Å². The largest absolute Gasteiger partial charge is 0.454 e. The SMILES string of the molecule is c1ccc(-c2cc(-c3ccc4ccccc4c3)ccc2N(c2cnc3c(c2)oc2ccccc23)c2ccc3oc4ccccc4c3n2)cc1. The lowest BCUT2D eigenvalue weighted by Crippen LogP contribution is -2.13. The second kappa shape index (κ2) is 10.9. The monoisotopic (exact) mass is 629 g/mol. The average Bonchev–Trinajstić information content (AvgIpc) is 3.73. The molecule has 10 rings (SSSR count). The number of rotatable bonds is 5. The molecule has 6 aromatic carbocycles. The highest BCUT2D eigenvalue weighted by atomic mass is 16.3. The third kappa shape index (κ3) is 4.55. The number of fused-ring (bicyclic) bond motifs is 7. The van der Waals surface area contributed by atoms with Crippen molar-refractivity contribution in [3.05, 3.63) is 164 Å². The lowest BCUT2D eigenvalue weighted by Gasteiger charge is -2.27. The van der Waals surface area contributed by atoms with Gasteiger partial charge in [-0.3, -0.25) is 4.90 Å². The molecule has 0 saturated carbocycles. The molecule has 0 saturated heterocycles. The summed E-state index contributed by atoms with van der Waals surface area (Å²) in [5.41, 5.74) is 11.0. The van der Waals surface area contributed by atoms with Gasteiger partial charge in [-0.1, -0.05) is 97.1 Å². The van der Waals surface area contributed by atoms with Crippen molar-refractivity contribution < 1.29 is 8.83 Å². The van der Waals surface area contributed by atoms with Crippen LogP contribution in [0.3, 0.4) is 0 Å². The van der Waals surface area contributed by atoms with E-state index in [-0.39, 0.29) is 0 Å². The van der Waals surface area contributed by atoms with E-state index in [0.717, 1.165) is 78.0 Å². The van der Waals surface area contributed by atoms with Crippen molar-refractivity contribution in [3.8, 4) is 22.3 Å². The van der Waals surface area contributed by atoms with Gasteiger partial charge in [-0.05, 0) is 82.1 Å². The Balaban J connectivity index is 1.23. The Morgan fingerprint density at radius 3 is 1.96 bits per heavy atom. The molecule has 0 aliphatic heterocycles. The van der Waals surface area contributed by atoms with Gasteiger partial charge in [-0.2, -0.15) is 0 Å². The van der Waals surface area contributed by atoms with Gasteiger partial charge in [0.1, 0.15) is 28.0 Å². The van der Waals surface area contributed by atoms with Gasteiger partial charge in [0.05, 0.1) is 17.6 Å². The molecule has 0 spiro atoms. The van der Waals surface area contributed by atoms with Crippen molar-refractivity contribution in [1.29, 1.82) is 0 Å². The lowest BCUT2D eigenvalue weighted by atomic mass is 9.95. The summed E-state index contributed by atoms with van der Waals surface area (Å²) in [5, 5.41) is 4.39. The van der Waals surface area contributed by atoms with E-state index < -0.39 is 0 Å². The van der Waals surface area contributed by atoms with Crippen molar-refractivity contribution in [1.82, 2.24) is 9.97 Å². The summed E-state index contributed by atoms with van der Waals surface area (Å²) in [6, 6.07) is 54.4. The molecule has 0 N–H and O–H groups in total. The van der Waals surface area contributed by atoms with Crippen LogP contribution >= 0.6 is 0 Å². The molecular weight excluding hydrogens is 603 g/mol. The first-order chi connectivity index (χ1) is 24.3. The Morgan fingerprint density at radius 2 is 1.12 bits per heavy atom. The summed E-state index contributed by atoms with van der Waals surface area (Å²) in [5.74, 6) is 0.743. The van der Waals surface area contributed by atoms with Gasteiger partial charge in [0, 0.05) is 22.4 Å². The van der Waals surface area contributed by atoms with Crippen molar-refractivity contribution in [2.45, 2.75) is 0 Å². The van der Waals surface area contributed by atoms with Crippen molar-refractivity contribution in [2.24, 2.45) is 0 Å². The molecule has 4 aromatic heterocycles. The van der Waals surface area contributed by atoms with Crippen LogP contribution in [-0.4, -0.2) is 9.97 Å².